The van der Waals surface area contributed by atoms with Crippen molar-refractivity contribution >= 4 is 29.1 Å². The summed E-state index contributed by atoms with van der Waals surface area (Å²) >= 11 is 8.12. The van der Waals surface area contributed by atoms with Crippen molar-refractivity contribution in [2.24, 2.45) is 0 Å². The van der Waals surface area contributed by atoms with E-state index in [1.54, 1.807) is 0 Å². The molecule has 1 aromatic heterocycles. The van der Waals surface area contributed by atoms with Gasteiger partial charge in [0.25, 0.3) is 0 Å². The molecule has 0 saturated carbocycles. The van der Waals surface area contributed by atoms with Crippen molar-refractivity contribution in [3.63, 3.8) is 0 Å². The van der Waals surface area contributed by atoms with Gasteiger partial charge in [-0.15, -0.1) is 0 Å². The number of hydrogen-bond donors (Lipinski definition) is 1. The lowest BCUT2D eigenvalue weighted by atomic mass is 10.0. The minimum Gasteiger partial charge on any atom is -0.371 e. The second kappa shape index (κ2) is 6.98. The largest absolute Gasteiger partial charge is 0.371 e. The van der Waals surface area contributed by atoms with Crippen LogP contribution in [-0.2, 0) is 13.1 Å². The van der Waals surface area contributed by atoms with Crippen LogP contribution in [0.15, 0.2) is 29.6 Å². The van der Waals surface area contributed by atoms with Crippen molar-refractivity contribution < 1.29 is 0 Å². The number of imidazole rings is 1. The van der Waals surface area contributed by atoms with Gasteiger partial charge in [-0.05, 0) is 37.5 Å². The van der Waals surface area contributed by atoms with E-state index in [0.29, 0.717) is 6.04 Å². The molecule has 3 heterocycles. The Kier molecular flexibility index (Phi) is 4.74. The molecule has 0 aliphatic carbocycles. The number of nitrogens with one attached hydrogen (secondary N) is 1. The zero-order valence-electron chi connectivity index (χ0n) is 14.0. The molecule has 6 heteroatoms. The first kappa shape index (κ1) is 16.3. The fraction of sp³-hybridized carbons (Fsp3) is 0.500. The molecule has 2 aliphatic rings. The predicted molar refractivity (Wildman–Crippen MR) is 101 cm³/mol. The molecule has 24 heavy (non-hydrogen) atoms. The summed E-state index contributed by atoms with van der Waals surface area (Å²) in [6.45, 7) is 6.18. The maximum Gasteiger partial charge on any atom is 0.168 e. The minimum atomic E-state index is 0.575. The van der Waals surface area contributed by atoms with E-state index in [1.165, 1.54) is 16.5 Å². The third-order valence-electron chi connectivity index (χ3n) is 4.94. The van der Waals surface area contributed by atoms with E-state index >= 15 is 0 Å². The fourth-order valence-corrected chi connectivity index (χ4v) is 4.55. The topological polar surface area (TPSA) is 33.1 Å². The summed E-state index contributed by atoms with van der Waals surface area (Å²) in [4.78, 5) is 7.13. The number of benzene rings is 1. The van der Waals surface area contributed by atoms with Gasteiger partial charge in [-0.2, -0.15) is 0 Å². The molecule has 1 aromatic carbocycles. The maximum absolute atomic E-state index is 6.26. The Labute approximate surface area is 152 Å². The van der Waals surface area contributed by atoms with Crippen LogP contribution in [0.3, 0.4) is 0 Å². The Balaban J connectivity index is 1.28. The Hall–Kier alpha value is -1.17. The fourth-order valence-electron chi connectivity index (χ4n) is 3.42. The van der Waals surface area contributed by atoms with Gasteiger partial charge in [0, 0.05) is 54.9 Å². The van der Waals surface area contributed by atoms with E-state index in [4.69, 9.17) is 16.6 Å². The molecule has 1 N–H and O–H groups in total. The lowest BCUT2D eigenvalue weighted by Crippen LogP contribution is -2.42. The van der Waals surface area contributed by atoms with Crippen LogP contribution in [0.1, 0.15) is 24.1 Å². The van der Waals surface area contributed by atoms with E-state index in [0.717, 1.165) is 55.4 Å². The van der Waals surface area contributed by atoms with Gasteiger partial charge in [0.15, 0.2) is 5.16 Å². The Bertz CT molecular complexity index is 700. The first-order valence-corrected chi connectivity index (χ1v) is 9.99. The number of hydrogen-bond acceptors (Lipinski definition) is 4. The SMILES string of the molecule is Cc1ccc(N2CCC(NCc3cn4c(n3)SCC4)CC2)cc1Cl. The summed E-state index contributed by atoms with van der Waals surface area (Å²) in [7, 11) is 0. The monoisotopic (exact) mass is 362 g/mol. The number of thioether (sulfide) groups is 1. The number of fused-ring (bicyclic) bond motifs is 1. The number of rotatable bonds is 4. The second-order valence-corrected chi connectivity index (χ2v) is 8.10. The van der Waals surface area contributed by atoms with Gasteiger partial charge in [-0.1, -0.05) is 29.4 Å². The third-order valence-corrected chi connectivity index (χ3v) is 6.32. The van der Waals surface area contributed by atoms with E-state index in [1.807, 2.05) is 18.7 Å². The van der Waals surface area contributed by atoms with Gasteiger partial charge in [0.2, 0.25) is 0 Å². The lowest BCUT2D eigenvalue weighted by Gasteiger charge is -2.34. The summed E-state index contributed by atoms with van der Waals surface area (Å²) in [6, 6.07) is 6.96. The highest BCUT2D eigenvalue weighted by Crippen LogP contribution is 2.26. The predicted octanol–water partition coefficient (Wildman–Crippen LogP) is 3.71. The van der Waals surface area contributed by atoms with Gasteiger partial charge in [0.05, 0.1) is 5.69 Å². The summed E-state index contributed by atoms with van der Waals surface area (Å²) in [5.74, 6) is 1.16. The molecule has 0 unspecified atom stereocenters. The van der Waals surface area contributed by atoms with Gasteiger partial charge in [0.1, 0.15) is 0 Å². The Morgan fingerprint density at radius 2 is 2.12 bits per heavy atom. The molecule has 128 valence electrons. The van der Waals surface area contributed by atoms with Crippen LogP contribution >= 0.6 is 23.4 Å². The van der Waals surface area contributed by atoms with E-state index in [9.17, 15) is 0 Å². The van der Waals surface area contributed by atoms with Crippen molar-refractivity contribution in [2.75, 3.05) is 23.7 Å². The molecular weight excluding hydrogens is 340 g/mol. The van der Waals surface area contributed by atoms with Crippen LogP contribution in [0.25, 0.3) is 0 Å². The molecule has 2 aromatic rings. The summed E-state index contributed by atoms with van der Waals surface area (Å²) < 4.78 is 2.27. The number of halogens is 1. The quantitative estimate of drug-likeness (QED) is 0.898. The lowest BCUT2D eigenvalue weighted by molar-refractivity contribution is 0.412. The highest BCUT2D eigenvalue weighted by atomic mass is 35.5. The number of anilines is 1. The highest BCUT2D eigenvalue weighted by molar-refractivity contribution is 7.99. The van der Waals surface area contributed by atoms with Crippen LogP contribution in [0.5, 0.6) is 0 Å². The van der Waals surface area contributed by atoms with Gasteiger partial charge in [-0.25, -0.2) is 4.98 Å². The molecule has 0 radical (unpaired) electrons. The van der Waals surface area contributed by atoms with Crippen molar-refractivity contribution in [3.05, 3.63) is 40.7 Å². The maximum atomic E-state index is 6.26. The molecule has 4 nitrogen and oxygen atoms in total. The second-order valence-electron chi connectivity index (χ2n) is 6.63. The minimum absolute atomic E-state index is 0.575. The number of piperidine rings is 1. The average Bonchev–Trinajstić information content (AvgIpc) is 3.17. The molecule has 1 saturated heterocycles. The highest BCUT2D eigenvalue weighted by Gasteiger charge is 2.20. The van der Waals surface area contributed by atoms with Crippen LogP contribution in [-0.4, -0.2) is 34.4 Å². The number of nitrogens with zero attached hydrogens (tertiary/aromatic N) is 3. The van der Waals surface area contributed by atoms with E-state index in [2.05, 4.69) is 39.2 Å². The smallest absolute Gasteiger partial charge is 0.168 e. The van der Waals surface area contributed by atoms with Crippen LogP contribution in [0, 0.1) is 6.92 Å². The molecule has 0 spiro atoms. The zero-order chi connectivity index (χ0) is 16.5. The van der Waals surface area contributed by atoms with Crippen molar-refractivity contribution in [1.29, 1.82) is 0 Å². The van der Waals surface area contributed by atoms with Gasteiger partial charge >= 0.3 is 0 Å². The van der Waals surface area contributed by atoms with Crippen LogP contribution < -0.4 is 10.2 Å². The first-order chi connectivity index (χ1) is 11.7. The standard InChI is InChI=1S/C18H23ClN4S/c1-13-2-3-16(10-17(13)19)22-6-4-14(5-7-22)20-11-15-12-23-8-9-24-18(23)21-15/h2-3,10,12,14,20H,4-9,11H2,1H3. The van der Waals surface area contributed by atoms with Crippen molar-refractivity contribution in [1.82, 2.24) is 14.9 Å². The number of aromatic nitrogens is 2. The van der Waals surface area contributed by atoms with E-state index < -0.39 is 0 Å². The van der Waals surface area contributed by atoms with Gasteiger partial charge in [-0.3, -0.25) is 0 Å². The molecule has 1 fully saturated rings. The molecule has 0 atom stereocenters. The summed E-state index contributed by atoms with van der Waals surface area (Å²) in [6.07, 6.45) is 4.52. The average molecular weight is 363 g/mol. The van der Waals surface area contributed by atoms with Crippen molar-refractivity contribution in [2.45, 2.75) is 44.1 Å². The third kappa shape index (κ3) is 3.44. The molecule has 4 rings (SSSR count). The Morgan fingerprint density at radius 1 is 1.29 bits per heavy atom. The normalized spacial score (nSPS) is 18.2. The molecule has 2 aliphatic heterocycles. The summed E-state index contributed by atoms with van der Waals surface area (Å²) in [5.41, 5.74) is 3.55. The molecule has 0 amide bonds. The summed E-state index contributed by atoms with van der Waals surface area (Å²) in [5, 5.41) is 5.72. The van der Waals surface area contributed by atoms with Gasteiger partial charge < -0.3 is 14.8 Å². The zero-order valence-corrected chi connectivity index (χ0v) is 15.5. The van der Waals surface area contributed by atoms with E-state index in [-0.39, 0.29) is 0 Å². The molecular formula is C18H23ClN4S. The first-order valence-electron chi connectivity index (χ1n) is 8.62. The van der Waals surface area contributed by atoms with Crippen molar-refractivity contribution in [3.8, 4) is 0 Å². The molecule has 0 bridgehead atoms. The van der Waals surface area contributed by atoms with Crippen LogP contribution in [0.2, 0.25) is 5.02 Å². The Morgan fingerprint density at radius 3 is 2.88 bits per heavy atom. The number of aryl methyl sites for hydroxylation is 2. The van der Waals surface area contributed by atoms with Crippen LogP contribution in [0.4, 0.5) is 5.69 Å².